The Bertz CT molecular complexity index is 701. The van der Waals surface area contributed by atoms with Crippen molar-refractivity contribution >= 4 is 11.8 Å². The van der Waals surface area contributed by atoms with E-state index in [2.05, 4.69) is 0 Å². The van der Waals surface area contributed by atoms with Crippen LogP contribution in [-0.4, -0.2) is 61.5 Å². The molecule has 1 fully saturated rings. The zero-order chi connectivity index (χ0) is 19.1. The summed E-state index contributed by atoms with van der Waals surface area (Å²) in [5.41, 5.74) is 1.99. The van der Waals surface area contributed by atoms with Gasteiger partial charge in [-0.15, -0.1) is 0 Å². The van der Waals surface area contributed by atoms with Gasteiger partial charge >= 0.3 is 0 Å². The van der Waals surface area contributed by atoms with E-state index in [-0.39, 0.29) is 17.7 Å². The Morgan fingerprint density at radius 1 is 0.852 bits per heavy atom. The molecule has 3 rings (SSSR count). The minimum atomic E-state index is -0.317. The SMILES string of the molecule is COCCC(=O)N1CCN(C(=O)C(c2ccccc2)c2ccccc2)CC1. The van der Waals surface area contributed by atoms with Gasteiger partial charge < -0.3 is 14.5 Å². The molecule has 2 aromatic rings. The number of amides is 2. The lowest BCUT2D eigenvalue weighted by Crippen LogP contribution is -2.51. The Morgan fingerprint density at radius 3 is 1.81 bits per heavy atom. The van der Waals surface area contributed by atoms with E-state index < -0.39 is 0 Å². The van der Waals surface area contributed by atoms with Crippen molar-refractivity contribution in [2.45, 2.75) is 12.3 Å². The summed E-state index contributed by atoms with van der Waals surface area (Å²) in [4.78, 5) is 29.2. The zero-order valence-electron chi connectivity index (χ0n) is 15.7. The highest BCUT2D eigenvalue weighted by atomic mass is 16.5. The number of hydrogen-bond donors (Lipinski definition) is 0. The maximum atomic E-state index is 13.4. The minimum absolute atomic E-state index is 0.0895. The molecule has 0 atom stereocenters. The third-order valence-electron chi connectivity index (χ3n) is 4.98. The van der Waals surface area contributed by atoms with E-state index in [1.807, 2.05) is 70.5 Å². The van der Waals surface area contributed by atoms with E-state index >= 15 is 0 Å². The molecule has 1 aliphatic heterocycles. The number of methoxy groups -OCH3 is 1. The predicted octanol–water partition coefficient (Wildman–Crippen LogP) is 2.53. The van der Waals surface area contributed by atoms with Crippen molar-refractivity contribution in [2.75, 3.05) is 39.9 Å². The quantitative estimate of drug-likeness (QED) is 0.789. The Labute approximate surface area is 160 Å². The molecule has 0 bridgehead atoms. The predicted molar refractivity (Wildman–Crippen MR) is 104 cm³/mol. The number of nitrogens with zero attached hydrogens (tertiary/aromatic N) is 2. The smallest absolute Gasteiger partial charge is 0.234 e. The van der Waals surface area contributed by atoms with Crippen molar-refractivity contribution in [1.82, 2.24) is 9.80 Å². The van der Waals surface area contributed by atoms with Crippen LogP contribution in [-0.2, 0) is 14.3 Å². The van der Waals surface area contributed by atoms with E-state index in [9.17, 15) is 9.59 Å². The summed E-state index contributed by atoms with van der Waals surface area (Å²) in [6.45, 7) is 2.71. The van der Waals surface area contributed by atoms with E-state index in [0.29, 0.717) is 39.2 Å². The molecule has 1 saturated heterocycles. The standard InChI is InChI=1S/C22H26N2O3/c1-27-17-12-20(25)23-13-15-24(16-14-23)22(26)21(18-8-4-2-5-9-18)19-10-6-3-7-11-19/h2-11,21H,12-17H2,1H3. The van der Waals surface area contributed by atoms with Crippen LogP contribution in [0, 0.1) is 0 Å². The van der Waals surface area contributed by atoms with Crippen LogP contribution in [0.3, 0.4) is 0 Å². The summed E-state index contributed by atoms with van der Waals surface area (Å²) >= 11 is 0. The third kappa shape index (κ3) is 4.74. The molecule has 142 valence electrons. The fourth-order valence-corrected chi connectivity index (χ4v) is 3.47. The summed E-state index contributed by atoms with van der Waals surface area (Å²) in [7, 11) is 1.59. The van der Waals surface area contributed by atoms with Gasteiger partial charge in [0.05, 0.1) is 18.9 Å². The van der Waals surface area contributed by atoms with Crippen LogP contribution in [0.4, 0.5) is 0 Å². The highest BCUT2D eigenvalue weighted by Crippen LogP contribution is 2.27. The van der Waals surface area contributed by atoms with Gasteiger partial charge in [-0.25, -0.2) is 0 Å². The number of hydrogen-bond acceptors (Lipinski definition) is 3. The van der Waals surface area contributed by atoms with E-state index in [0.717, 1.165) is 11.1 Å². The molecule has 27 heavy (non-hydrogen) atoms. The van der Waals surface area contributed by atoms with Crippen LogP contribution in [0.5, 0.6) is 0 Å². The molecule has 2 aromatic carbocycles. The van der Waals surface area contributed by atoms with Crippen LogP contribution in [0.2, 0.25) is 0 Å². The Balaban J connectivity index is 1.72. The molecule has 0 spiro atoms. The molecule has 0 unspecified atom stereocenters. The zero-order valence-corrected chi connectivity index (χ0v) is 15.7. The first-order valence-corrected chi connectivity index (χ1v) is 9.36. The number of benzene rings is 2. The summed E-state index contributed by atoms with van der Waals surface area (Å²) in [6, 6.07) is 19.8. The van der Waals surface area contributed by atoms with Crippen molar-refractivity contribution in [3.63, 3.8) is 0 Å². The highest BCUT2D eigenvalue weighted by molar-refractivity contribution is 5.87. The van der Waals surface area contributed by atoms with Gasteiger partial charge in [0.15, 0.2) is 0 Å². The molecular weight excluding hydrogens is 340 g/mol. The fourth-order valence-electron chi connectivity index (χ4n) is 3.47. The maximum Gasteiger partial charge on any atom is 0.234 e. The van der Waals surface area contributed by atoms with E-state index in [4.69, 9.17) is 4.74 Å². The second-order valence-corrected chi connectivity index (χ2v) is 6.70. The molecule has 5 nitrogen and oxygen atoms in total. The van der Waals surface area contributed by atoms with Crippen LogP contribution in [0.15, 0.2) is 60.7 Å². The largest absolute Gasteiger partial charge is 0.384 e. The number of carbonyl (C=O) groups is 2. The van der Waals surface area contributed by atoms with Crippen LogP contribution >= 0.6 is 0 Å². The van der Waals surface area contributed by atoms with Crippen molar-refractivity contribution in [3.8, 4) is 0 Å². The number of piperazine rings is 1. The molecule has 2 amide bonds. The van der Waals surface area contributed by atoms with Gasteiger partial charge in [-0.05, 0) is 11.1 Å². The maximum absolute atomic E-state index is 13.4. The molecule has 1 heterocycles. The van der Waals surface area contributed by atoms with Gasteiger partial charge in [-0.3, -0.25) is 9.59 Å². The Hall–Kier alpha value is -2.66. The van der Waals surface area contributed by atoms with Gasteiger partial charge in [0.25, 0.3) is 0 Å². The summed E-state index contributed by atoms with van der Waals surface area (Å²) in [6.07, 6.45) is 0.390. The lowest BCUT2D eigenvalue weighted by atomic mass is 9.90. The Morgan fingerprint density at radius 2 is 1.33 bits per heavy atom. The number of ether oxygens (including phenoxy) is 1. The second kappa shape index (κ2) is 9.33. The van der Waals surface area contributed by atoms with Crippen LogP contribution in [0.25, 0.3) is 0 Å². The first kappa shape index (κ1) is 19.1. The molecule has 5 heteroatoms. The van der Waals surface area contributed by atoms with E-state index in [1.54, 1.807) is 7.11 Å². The van der Waals surface area contributed by atoms with Gasteiger partial charge in [0.1, 0.15) is 0 Å². The average Bonchev–Trinajstić information content (AvgIpc) is 2.74. The first-order chi connectivity index (χ1) is 13.2. The molecule has 0 saturated carbocycles. The molecule has 0 aliphatic carbocycles. The topological polar surface area (TPSA) is 49.9 Å². The second-order valence-electron chi connectivity index (χ2n) is 6.70. The lowest BCUT2D eigenvalue weighted by Gasteiger charge is -2.36. The fraction of sp³-hybridized carbons (Fsp3) is 0.364. The van der Waals surface area contributed by atoms with Crippen molar-refractivity contribution in [3.05, 3.63) is 71.8 Å². The van der Waals surface area contributed by atoms with Gasteiger partial charge in [-0.2, -0.15) is 0 Å². The summed E-state index contributed by atoms with van der Waals surface area (Å²) < 4.78 is 4.98. The number of rotatable bonds is 6. The van der Waals surface area contributed by atoms with Crippen LogP contribution in [0.1, 0.15) is 23.5 Å². The highest BCUT2D eigenvalue weighted by Gasteiger charge is 2.30. The molecule has 0 radical (unpaired) electrons. The summed E-state index contributed by atoms with van der Waals surface area (Å²) in [5.74, 6) is -0.133. The van der Waals surface area contributed by atoms with Crippen molar-refractivity contribution < 1.29 is 14.3 Å². The molecular formula is C22H26N2O3. The van der Waals surface area contributed by atoms with Gasteiger partial charge in [0.2, 0.25) is 11.8 Å². The third-order valence-corrected chi connectivity index (χ3v) is 4.98. The Kier molecular flexibility index (Phi) is 6.60. The minimum Gasteiger partial charge on any atom is -0.384 e. The first-order valence-electron chi connectivity index (χ1n) is 9.36. The van der Waals surface area contributed by atoms with Crippen molar-refractivity contribution in [2.24, 2.45) is 0 Å². The monoisotopic (exact) mass is 366 g/mol. The summed E-state index contributed by atoms with van der Waals surface area (Å²) in [5, 5.41) is 0. The van der Waals surface area contributed by atoms with Gasteiger partial charge in [-0.1, -0.05) is 60.7 Å². The lowest BCUT2D eigenvalue weighted by molar-refractivity contribution is -0.140. The average molecular weight is 366 g/mol. The molecule has 0 aromatic heterocycles. The molecule has 0 N–H and O–H groups in total. The van der Waals surface area contributed by atoms with Gasteiger partial charge in [0, 0.05) is 33.3 Å². The van der Waals surface area contributed by atoms with E-state index in [1.165, 1.54) is 0 Å². The van der Waals surface area contributed by atoms with Crippen LogP contribution < -0.4 is 0 Å². The molecule has 1 aliphatic rings. The van der Waals surface area contributed by atoms with Crippen molar-refractivity contribution in [1.29, 1.82) is 0 Å². The normalized spacial score (nSPS) is 14.4. The number of carbonyl (C=O) groups excluding carboxylic acids is 2.